The van der Waals surface area contributed by atoms with Gasteiger partial charge in [0.25, 0.3) is 6.47 Å². The number of carbonyl (C=O) groups excluding carboxylic acids is 1. The summed E-state index contributed by atoms with van der Waals surface area (Å²) in [6, 6.07) is 0. The highest BCUT2D eigenvalue weighted by atomic mass is 16.3. The highest BCUT2D eigenvalue weighted by molar-refractivity contribution is 5.72. The minimum atomic E-state index is -0.250. The molecule has 0 atom stereocenters. The minimum Gasteiger partial charge on any atom is -0.483 e. The predicted octanol–water partition coefficient (Wildman–Crippen LogP) is 0.541. The number of aliphatic hydroxyl groups excluding tert-OH is 1. The number of Topliss-reactive ketones (excluding diaryl/α,β-unsaturated/α-hetero) is 1. The van der Waals surface area contributed by atoms with E-state index in [1.54, 1.807) is 0 Å². The normalized spacial score (nSPS) is 4.40. The molecule has 10 heavy (non-hydrogen) atoms. The molecule has 0 unspecified atom stereocenters. The number of aliphatic hydroxyl groups is 1. The minimum absolute atomic E-state index is 0. The van der Waals surface area contributed by atoms with E-state index in [0.29, 0.717) is 0 Å². The quantitative estimate of drug-likeness (QED) is 0.497. The number of carbonyl (C=O) groups is 2. The van der Waals surface area contributed by atoms with Gasteiger partial charge in [-0.05, 0) is 13.8 Å². The Bertz CT molecular complexity index is 56.8. The monoisotopic (exact) mass is 152 g/mol. The van der Waals surface area contributed by atoms with Crippen molar-refractivity contribution in [3.8, 4) is 0 Å². The molecule has 2 N–H and O–H groups in total. The first-order valence-corrected chi connectivity index (χ1v) is 2.15. The molecule has 0 rings (SSSR count). The molecule has 0 amide bonds. The maximum absolute atomic E-state index is 9.44. The van der Waals surface area contributed by atoms with Crippen LogP contribution in [-0.2, 0) is 9.59 Å². The Morgan fingerprint density at radius 3 is 1.30 bits per heavy atom. The number of ketones is 1. The van der Waals surface area contributed by atoms with Crippen molar-refractivity contribution < 1.29 is 19.8 Å². The van der Waals surface area contributed by atoms with Gasteiger partial charge in [-0.25, -0.2) is 0 Å². The van der Waals surface area contributed by atoms with Crippen LogP contribution in [0, 0.1) is 0 Å². The van der Waals surface area contributed by atoms with E-state index < -0.39 is 0 Å². The van der Waals surface area contributed by atoms with Gasteiger partial charge in [-0.1, -0.05) is 7.43 Å². The topological polar surface area (TPSA) is 74.6 Å². The first-order valence-electron chi connectivity index (χ1n) is 2.15. The Morgan fingerprint density at radius 2 is 1.30 bits per heavy atom. The number of carboxylic acid groups (broad SMARTS) is 1. The maximum Gasteiger partial charge on any atom is 0.290 e. The summed E-state index contributed by atoms with van der Waals surface area (Å²) >= 11 is 0. The standard InChI is InChI=1S/C3H6O.CH2O2.CH4O.CH4/c1-3(2)4;2-1-3;1-2;/h1-2H3;1H,(H,2,3);2H,1H3;1H4. The van der Waals surface area contributed by atoms with E-state index in [4.69, 9.17) is 15.0 Å². The second-order valence-electron chi connectivity index (χ2n) is 1.01. The fraction of sp³-hybridized carbons (Fsp3) is 0.667. The van der Waals surface area contributed by atoms with Crippen LogP contribution in [0.15, 0.2) is 0 Å². The summed E-state index contributed by atoms with van der Waals surface area (Å²) in [5.74, 6) is 0.167. The van der Waals surface area contributed by atoms with Gasteiger partial charge in [0.2, 0.25) is 0 Å². The molecular formula is C6H16O4. The molecule has 0 aromatic heterocycles. The molecule has 0 saturated heterocycles. The summed E-state index contributed by atoms with van der Waals surface area (Å²) < 4.78 is 0. The molecule has 0 aliphatic rings. The van der Waals surface area contributed by atoms with Gasteiger partial charge in [-0.3, -0.25) is 4.79 Å². The van der Waals surface area contributed by atoms with Gasteiger partial charge in [0.1, 0.15) is 5.78 Å². The van der Waals surface area contributed by atoms with E-state index in [1.807, 2.05) is 0 Å². The molecule has 0 radical (unpaired) electrons. The summed E-state index contributed by atoms with van der Waals surface area (Å²) in [6.07, 6.45) is 0. The molecule has 0 fully saturated rings. The van der Waals surface area contributed by atoms with Gasteiger partial charge in [0, 0.05) is 7.11 Å². The molecule has 0 bridgehead atoms. The lowest BCUT2D eigenvalue weighted by Crippen LogP contribution is -1.69. The van der Waals surface area contributed by atoms with Crippen LogP contribution in [0.4, 0.5) is 0 Å². The van der Waals surface area contributed by atoms with E-state index in [9.17, 15) is 4.79 Å². The van der Waals surface area contributed by atoms with Crippen LogP contribution in [-0.4, -0.2) is 29.6 Å². The van der Waals surface area contributed by atoms with E-state index in [0.717, 1.165) is 7.11 Å². The zero-order valence-corrected chi connectivity index (χ0v) is 5.79. The van der Waals surface area contributed by atoms with Gasteiger partial charge < -0.3 is 15.0 Å². The summed E-state index contributed by atoms with van der Waals surface area (Å²) in [6.45, 7) is 2.81. The van der Waals surface area contributed by atoms with Crippen LogP contribution in [0.25, 0.3) is 0 Å². The van der Waals surface area contributed by atoms with Crippen LogP contribution in [0.1, 0.15) is 21.3 Å². The Morgan fingerprint density at radius 1 is 1.30 bits per heavy atom. The van der Waals surface area contributed by atoms with Crippen molar-refractivity contribution in [2.45, 2.75) is 21.3 Å². The van der Waals surface area contributed by atoms with Crippen molar-refractivity contribution in [1.82, 2.24) is 0 Å². The van der Waals surface area contributed by atoms with Gasteiger partial charge >= 0.3 is 0 Å². The summed E-state index contributed by atoms with van der Waals surface area (Å²) in [5, 5.41) is 13.9. The van der Waals surface area contributed by atoms with E-state index >= 15 is 0 Å². The third-order valence-corrected chi connectivity index (χ3v) is 0. The van der Waals surface area contributed by atoms with Crippen LogP contribution < -0.4 is 0 Å². The fourth-order valence-corrected chi connectivity index (χ4v) is 0. The average Bonchev–Trinajstić information content (AvgIpc) is 1.71. The lowest BCUT2D eigenvalue weighted by Gasteiger charge is -1.56. The van der Waals surface area contributed by atoms with Crippen molar-refractivity contribution in [2.24, 2.45) is 0 Å². The summed E-state index contributed by atoms with van der Waals surface area (Å²) in [5.41, 5.74) is 0. The van der Waals surface area contributed by atoms with Crippen molar-refractivity contribution in [2.75, 3.05) is 7.11 Å². The molecule has 0 heterocycles. The van der Waals surface area contributed by atoms with Gasteiger partial charge in [-0.2, -0.15) is 0 Å². The average molecular weight is 152 g/mol. The SMILES string of the molecule is C.CC(C)=O.CO.O=CO. The molecule has 0 saturated carbocycles. The van der Waals surface area contributed by atoms with E-state index in [2.05, 4.69) is 0 Å². The molecule has 64 valence electrons. The molecule has 0 aromatic carbocycles. The second kappa shape index (κ2) is 42.5. The third-order valence-electron chi connectivity index (χ3n) is 0. The Hall–Kier alpha value is -0.900. The van der Waals surface area contributed by atoms with Gasteiger partial charge in [0.05, 0.1) is 0 Å². The van der Waals surface area contributed by atoms with Crippen LogP contribution >= 0.6 is 0 Å². The Kier molecular flexibility index (Phi) is 97.5. The number of hydrogen-bond acceptors (Lipinski definition) is 3. The summed E-state index contributed by atoms with van der Waals surface area (Å²) in [7, 11) is 1.00. The zero-order valence-electron chi connectivity index (χ0n) is 5.79. The lowest BCUT2D eigenvalue weighted by molar-refractivity contribution is -0.123. The number of hydrogen-bond donors (Lipinski definition) is 2. The van der Waals surface area contributed by atoms with Crippen LogP contribution in [0.2, 0.25) is 0 Å². The van der Waals surface area contributed by atoms with E-state index in [-0.39, 0.29) is 19.7 Å². The maximum atomic E-state index is 9.44. The van der Waals surface area contributed by atoms with Gasteiger partial charge in [-0.15, -0.1) is 0 Å². The van der Waals surface area contributed by atoms with Crippen molar-refractivity contribution >= 4 is 12.3 Å². The van der Waals surface area contributed by atoms with Crippen LogP contribution in [0.3, 0.4) is 0 Å². The van der Waals surface area contributed by atoms with Crippen molar-refractivity contribution in [1.29, 1.82) is 0 Å². The first-order chi connectivity index (χ1) is 4.15. The van der Waals surface area contributed by atoms with E-state index in [1.165, 1.54) is 13.8 Å². The Balaban J connectivity index is -0.0000000273. The fourth-order valence-electron chi connectivity index (χ4n) is 0. The van der Waals surface area contributed by atoms with Crippen molar-refractivity contribution in [3.63, 3.8) is 0 Å². The molecule has 4 heteroatoms. The smallest absolute Gasteiger partial charge is 0.290 e. The number of rotatable bonds is 0. The molecule has 4 nitrogen and oxygen atoms in total. The first kappa shape index (κ1) is 23.0. The molecule has 0 aromatic rings. The lowest BCUT2D eigenvalue weighted by atomic mass is 10.6. The largest absolute Gasteiger partial charge is 0.483 e. The highest BCUT2D eigenvalue weighted by Gasteiger charge is 1.62. The zero-order chi connectivity index (χ0) is 8.28. The third kappa shape index (κ3) is 326. The molecular weight excluding hydrogens is 136 g/mol. The molecule has 0 aliphatic carbocycles. The van der Waals surface area contributed by atoms with Crippen LogP contribution in [0.5, 0.6) is 0 Å². The predicted molar refractivity (Wildman–Crippen MR) is 39.9 cm³/mol. The Labute approximate surface area is 61.5 Å². The highest BCUT2D eigenvalue weighted by Crippen LogP contribution is 1.50. The summed E-state index contributed by atoms with van der Waals surface area (Å²) in [4.78, 5) is 17.8. The molecule has 0 aliphatic heterocycles. The van der Waals surface area contributed by atoms with Gasteiger partial charge in [0.15, 0.2) is 0 Å². The molecule has 0 spiro atoms. The van der Waals surface area contributed by atoms with Crippen molar-refractivity contribution in [3.05, 3.63) is 0 Å². The second-order valence-corrected chi connectivity index (χ2v) is 1.01.